The number of hydrogen-bond acceptors (Lipinski definition) is 3. The van der Waals surface area contributed by atoms with Crippen LogP contribution in [0.15, 0.2) is 28.7 Å². The largest absolute Gasteiger partial charge is 0.436 e. The SMILES string of the molecule is Cc1ccccc1CN1CCN(C(=O)C(C)n2nc(C(F)(F)F)c(Br)c2C)CC1. The predicted molar refractivity (Wildman–Crippen MR) is 107 cm³/mol. The Balaban J connectivity index is 1.64. The van der Waals surface area contributed by atoms with Crippen molar-refractivity contribution in [3.63, 3.8) is 0 Å². The molecule has 29 heavy (non-hydrogen) atoms. The third-order valence-corrected chi connectivity index (χ3v) is 6.36. The van der Waals surface area contributed by atoms with Crippen LogP contribution in [0.3, 0.4) is 0 Å². The van der Waals surface area contributed by atoms with Crippen LogP contribution in [-0.4, -0.2) is 51.7 Å². The summed E-state index contributed by atoms with van der Waals surface area (Å²) in [6.07, 6.45) is -4.57. The van der Waals surface area contributed by atoms with Gasteiger partial charge in [-0.3, -0.25) is 14.4 Å². The van der Waals surface area contributed by atoms with Crippen LogP contribution in [0.5, 0.6) is 0 Å². The zero-order valence-corrected chi connectivity index (χ0v) is 18.2. The van der Waals surface area contributed by atoms with Gasteiger partial charge < -0.3 is 4.90 Å². The van der Waals surface area contributed by atoms with E-state index in [2.05, 4.69) is 45.0 Å². The van der Waals surface area contributed by atoms with E-state index < -0.39 is 17.9 Å². The number of benzene rings is 1. The van der Waals surface area contributed by atoms with Crippen molar-refractivity contribution in [2.75, 3.05) is 26.2 Å². The number of carbonyl (C=O) groups excluding carboxylic acids is 1. The molecule has 0 N–H and O–H groups in total. The van der Waals surface area contributed by atoms with E-state index in [1.54, 1.807) is 11.8 Å². The molecule has 1 aliphatic heterocycles. The van der Waals surface area contributed by atoms with Crippen LogP contribution in [-0.2, 0) is 17.5 Å². The van der Waals surface area contributed by atoms with Gasteiger partial charge in [0.05, 0.1) is 10.2 Å². The molecule has 158 valence electrons. The molecule has 9 heteroatoms. The number of nitrogens with zero attached hydrogens (tertiary/aromatic N) is 4. The minimum atomic E-state index is -4.57. The zero-order chi connectivity index (χ0) is 21.3. The molecule has 5 nitrogen and oxygen atoms in total. The number of aromatic nitrogens is 2. The van der Waals surface area contributed by atoms with Gasteiger partial charge in [0, 0.05) is 32.7 Å². The Hall–Kier alpha value is -1.87. The fraction of sp³-hybridized carbons (Fsp3) is 0.500. The number of piperazine rings is 1. The molecule has 1 amide bonds. The highest BCUT2D eigenvalue weighted by Crippen LogP contribution is 2.36. The maximum absolute atomic E-state index is 13.1. The van der Waals surface area contributed by atoms with Gasteiger partial charge >= 0.3 is 6.18 Å². The summed E-state index contributed by atoms with van der Waals surface area (Å²) < 4.78 is 40.4. The average Bonchev–Trinajstić information content (AvgIpc) is 2.98. The fourth-order valence-corrected chi connectivity index (χ4v) is 4.07. The number of aryl methyl sites for hydroxylation is 1. The molecule has 0 saturated carbocycles. The van der Waals surface area contributed by atoms with Gasteiger partial charge in [-0.1, -0.05) is 24.3 Å². The van der Waals surface area contributed by atoms with E-state index in [0.29, 0.717) is 13.1 Å². The molecule has 1 saturated heterocycles. The number of alkyl halides is 3. The molecule has 2 heterocycles. The van der Waals surface area contributed by atoms with Crippen molar-refractivity contribution in [2.24, 2.45) is 0 Å². The van der Waals surface area contributed by atoms with Crippen molar-refractivity contribution in [3.8, 4) is 0 Å². The fourth-order valence-electron chi connectivity index (χ4n) is 3.58. The number of hydrogen-bond donors (Lipinski definition) is 0. The Labute approximate surface area is 176 Å². The molecule has 0 aliphatic carbocycles. The molecule has 1 aromatic heterocycles. The smallest absolute Gasteiger partial charge is 0.338 e. The van der Waals surface area contributed by atoms with E-state index in [-0.39, 0.29) is 16.1 Å². The Bertz CT molecular complexity index is 888. The van der Waals surface area contributed by atoms with Crippen molar-refractivity contribution >= 4 is 21.8 Å². The summed E-state index contributed by atoms with van der Waals surface area (Å²) in [5.41, 5.74) is 1.78. The molecule has 1 fully saturated rings. The standard InChI is InChI=1S/C20H24BrF3N4O/c1-13-6-4-5-7-16(13)12-26-8-10-27(11-9-26)19(29)15(3)28-14(2)17(21)18(25-28)20(22,23)24/h4-7,15H,8-12H2,1-3H3. The quantitative estimate of drug-likeness (QED) is 0.669. The lowest BCUT2D eigenvalue weighted by Crippen LogP contribution is -2.50. The Kier molecular flexibility index (Phi) is 6.38. The van der Waals surface area contributed by atoms with Crippen molar-refractivity contribution in [1.82, 2.24) is 19.6 Å². The van der Waals surface area contributed by atoms with Gasteiger partial charge in [0.15, 0.2) is 5.69 Å². The first-order valence-corrected chi connectivity index (χ1v) is 10.3. The summed E-state index contributed by atoms with van der Waals surface area (Å²) in [5, 5.41) is 3.66. The highest BCUT2D eigenvalue weighted by molar-refractivity contribution is 9.10. The zero-order valence-electron chi connectivity index (χ0n) is 16.6. The van der Waals surface area contributed by atoms with Gasteiger partial charge in [0.1, 0.15) is 6.04 Å². The topological polar surface area (TPSA) is 41.4 Å². The second-order valence-electron chi connectivity index (χ2n) is 7.39. The summed E-state index contributed by atoms with van der Waals surface area (Å²) in [6.45, 7) is 8.56. The van der Waals surface area contributed by atoms with Crippen molar-refractivity contribution in [2.45, 2.75) is 39.5 Å². The van der Waals surface area contributed by atoms with E-state index in [9.17, 15) is 18.0 Å². The molecule has 1 atom stereocenters. The van der Waals surface area contributed by atoms with Crippen LogP contribution in [0.1, 0.15) is 35.5 Å². The maximum Gasteiger partial charge on any atom is 0.436 e. The number of carbonyl (C=O) groups is 1. The molecule has 0 bridgehead atoms. The van der Waals surface area contributed by atoms with Crippen molar-refractivity contribution in [3.05, 3.63) is 51.3 Å². The molecule has 3 rings (SSSR count). The normalized spacial score (nSPS) is 16.9. The van der Waals surface area contributed by atoms with Crippen LogP contribution < -0.4 is 0 Å². The minimum Gasteiger partial charge on any atom is -0.338 e. The summed E-state index contributed by atoms with van der Waals surface area (Å²) in [6, 6.07) is 7.41. The van der Waals surface area contributed by atoms with E-state index in [4.69, 9.17) is 0 Å². The molecular formula is C20H24BrF3N4O. The second kappa shape index (κ2) is 8.47. The molecule has 0 radical (unpaired) electrons. The van der Waals surface area contributed by atoms with Crippen molar-refractivity contribution < 1.29 is 18.0 Å². The summed E-state index contributed by atoms with van der Waals surface area (Å²) >= 11 is 2.96. The first-order valence-electron chi connectivity index (χ1n) is 9.47. The number of halogens is 4. The second-order valence-corrected chi connectivity index (χ2v) is 8.19. The third-order valence-electron chi connectivity index (χ3n) is 5.41. The Morgan fingerprint density at radius 1 is 1.17 bits per heavy atom. The molecular weight excluding hydrogens is 449 g/mol. The van der Waals surface area contributed by atoms with Crippen LogP contribution in [0.25, 0.3) is 0 Å². The van der Waals surface area contributed by atoms with Gasteiger partial charge in [-0.05, 0) is 47.8 Å². The minimum absolute atomic E-state index is 0.118. The van der Waals surface area contributed by atoms with E-state index >= 15 is 0 Å². The van der Waals surface area contributed by atoms with Gasteiger partial charge in [0.25, 0.3) is 0 Å². The van der Waals surface area contributed by atoms with Gasteiger partial charge in [-0.2, -0.15) is 18.3 Å². The highest BCUT2D eigenvalue weighted by Gasteiger charge is 2.39. The first-order chi connectivity index (χ1) is 13.6. The molecule has 0 spiro atoms. The summed E-state index contributed by atoms with van der Waals surface area (Å²) in [4.78, 5) is 16.9. The van der Waals surface area contributed by atoms with Crippen LogP contribution >= 0.6 is 15.9 Å². The van der Waals surface area contributed by atoms with Crippen LogP contribution in [0, 0.1) is 13.8 Å². The Morgan fingerprint density at radius 2 is 1.79 bits per heavy atom. The van der Waals surface area contributed by atoms with E-state index in [0.717, 1.165) is 24.3 Å². The van der Waals surface area contributed by atoms with E-state index in [1.807, 2.05) is 12.1 Å². The lowest BCUT2D eigenvalue weighted by Gasteiger charge is -2.36. The number of rotatable bonds is 4. The number of amides is 1. The van der Waals surface area contributed by atoms with E-state index in [1.165, 1.54) is 18.1 Å². The first kappa shape index (κ1) is 21.8. The summed E-state index contributed by atoms with van der Waals surface area (Å²) in [7, 11) is 0. The van der Waals surface area contributed by atoms with Gasteiger partial charge in [-0.15, -0.1) is 0 Å². The van der Waals surface area contributed by atoms with Crippen LogP contribution in [0.2, 0.25) is 0 Å². The summed E-state index contributed by atoms with van der Waals surface area (Å²) in [5.74, 6) is -0.215. The maximum atomic E-state index is 13.1. The predicted octanol–water partition coefficient (Wildman–Crippen LogP) is 4.19. The molecule has 1 aliphatic rings. The molecule has 2 aromatic rings. The van der Waals surface area contributed by atoms with Crippen LogP contribution in [0.4, 0.5) is 13.2 Å². The molecule has 1 aromatic carbocycles. The Morgan fingerprint density at radius 3 is 2.34 bits per heavy atom. The monoisotopic (exact) mass is 472 g/mol. The lowest BCUT2D eigenvalue weighted by molar-refractivity contribution is -0.143. The third kappa shape index (κ3) is 4.66. The van der Waals surface area contributed by atoms with Gasteiger partial charge in [0.2, 0.25) is 5.91 Å². The van der Waals surface area contributed by atoms with Gasteiger partial charge in [-0.25, -0.2) is 0 Å². The van der Waals surface area contributed by atoms with Crippen molar-refractivity contribution in [1.29, 1.82) is 0 Å². The highest BCUT2D eigenvalue weighted by atomic mass is 79.9. The average molecular weight is 473 g/mol. The lowest BCUT2D eigenvalue weighted by atomic mass is 10.1. The molecule has 1 unspecified atom stereocenters.